The van der Waals surface area contributed by atoms with Gasteiger partial charge in [0.25, 0.3) is 5.91 Å². The maximum Gasteiger partial charge on any atom is 0.265 e. The second-order valence-corrected chi connectivity index (χ2v) is 5.72. The molecule has 2 saturated heterocycles. The van der Waals surface area contributed by atoms with Crippen molar-refractivity contribution in [2.45, 2.75) is 12.5 Å². The molecule has 7 nitrogen and oxygen atoms in total. The van der Waals surface area contributed by atoms with Gasteiger partial charge in [-0.05, 0) is 13.1 Å². The molecule has 3 rings (SSSR count). The highest BCUT2D eigenvalue weighted by Gasteiger charge is 2.19. The molecule has 0 spiro atoms. The number of nitrogens with one attached hydrogen (secondary N) is 1. The lowest BCUT2D eigenvalue weighted by Crippen LogP contribution is -2.52. The van der Waals surface area contributed by atoms with Gasteiger partial charge >= 0.3 is 0 Å². The lowest BCUT2D eigenvalue weighted by molar-refractivity contribution is 0.0661. The summed E-state index contributed by atoms with van der Waals surface area (Å²) in [5.41, 5.74) is 3.49. The van der Waals surface area contributed by atoms with Crippen LogP contribution < -0.4 is 10.2 Å². The number of piperazine rings is 1. The largest absolute Gasteiger partial charge is 0.472 e. The van der Waals surface area contributed by atoms with E-state index in [0.717, 1.165) is 32.6 Å². The van der Waals surface area contributed by atoms with Crippen LogP contribution in [0.3, 0.4) is 0 Å². The van der Waals surface area contributed by atoms with Crippen molar-refractivity contribution in [3.8, 4) is 5.88 Å². The molecule has 3 heterocycles. The molecular weight excluding hydrogens is 284 g/mol. The Bertz CT molecular complexity index is 511. The summed E-state index contributed by atoms with van der Waals surface area (Å²) < 4.78 is 11.0. The average molecular weight is 306 g/mol. The first kappa shape index (κ1) is 15.2. The van der Waals surface area contributed by atoms with Crippen LogP contribution in [-0.4, -0.2) is 73.3 Å². The number of aromatic nitrogens is 1. The number of hydrogen-bond donors (Lipinski definition) is 1. The van der Waals surface area contributed by atoms with Crippen molar-refractivity contribution in [1.82, 2.24) is 20.3 Å². The molecule has 120 valence electrons. The van der Waals surface area contributed by atoms with E-state index >= 15 is 0 Å². The molecule has 0 radical (unpaired) electrons. The second-order valence-electron chi connectivity index (χ2n) is 5.72. The van der Waals surface area contributed by atoms with Crippen LogP contribution in [0.15, 0.2) is 18.3 Å². The molecule has 1 N–H and O–H groups in total. The van der Waals surface area contributed by atoms with Crippen LogP contribution in [0.4, 0.5) is 0 Å². The number of likely N-dealkylation sites (N-methyl/N-ethyl adjacent to an activating group) is 1. The van der Waals surface area contributed by atoms with Gasteiger partial charge in [-0.3, -0.25) is 10.2 Å². The fourth-order valence-electron chi connectivity index (χ4n) is 2.52. The molecule has 1 aromatic heterocycles. The van der Waals surface area contributed by atoms with Crippen LogP contribution >= 0.6 is 0 Å². The zero-order chi connectivity index (χ0) is 15.4. The molecule has 7 heteroatoms. The summed E-state index contributed by atoms with van der Waals surface area (Å²) in [4.78, 5) is 18.7. The monoisotopic (exact) mass is 306 g/mol. The lowest BCUT2D eigenvalue weighted by Gasteiger charge is -2.32. The third kappa shape index (κ3) is 3.94. The van der Waals surface area contributed by atoms with Gasteiger partial charge in [0.2, 0.25) is 5.88 Å². The van der Waals surface area contributed by atoms with Gasteiger partial charge in [0.05, 0.1) is 13.2 Å². The summed E-state index contributed by atoms with van der Waals surface area (Å²) in [5.74, 6) is 0.348. The number of hydrogen-bond acceptors (Lipinski definition) is 6. The van der Waals surface area contributed by atoms with Gasteiger partial charge in [-0.25, -0.2) is 9.99 Å². The second kappa shape index (κ2) is 7.04. The third-order valence-corrected chi connectivity index (χ3v) is 3.94. The van der Waals surface area contributed by atoms with E-state index in [1.54, 1.807) is 18.3 Å². The van der Waals surface area contributed by atoms with Gasteiger partial charge in [0, 0.05) is 50.4 Å². The average Bonchev–Trinajstić information content (AvgIpc) is 3.03. The summed E-state index contributed by atoms with van der Waals surface area (Å²) in [6.45, 7) is 4.86. The molecule has 2 fully saturated rings. The van der Waals surface area contributed by atoms with Gasteiger partial charge in [0.1, 0.15) is 6.10 Å². The van der Waals surface area contributed by atoms with E-state index in [-0.39, 0.29) is 12.0 Å². The first-order valence-electron chi connectivity index (χ1n) is 7.65. The highest BCUT2D eigenvalue weighted by atomic mass is 16.5. The van der Waals surface area contributed by atoms with Crippen LogP contribution in [0.25, 0.3) is 0 Å². The Hall–Kier alpha value is -1.70. The van der Waals surface area contributed by atoms with Crippen molar-refractivity contribution in [2.24, 2.45) is 0 Å². The van der Waals surface area contributed by atoms with Crippen molar-refractivity contribution in [1.29, 1.82) is 0 Å². The van der Waals surface area contributed by atoms with E-state index in [2.05, 4.69) is 22.4 Å². The molecule has 1 unspecified atom stereocenters. The number of nitrogens with zero attached hydrogens (tertiary/aromatic N) is 3. The first-order valence-corrected chi connectivity index (χ1v) is 7.65. The summed E-state index contributed by atoms with van der Waals surface area (Å²) in [6.07, 6.45) is 2.49. The minimum atomic E-state index is -0.125. The summed E-state index contributed by atoms with van der Waals surface area (Å²) in [7, 11) is 2.08. The smallest absolute Gasteiger partial charge is 0.265 e. The van der Waals surface area contributed by atoms with E-state index in [1.807, 2.05) is 5.01 Å². The number of rotatable bonds is 4. The van der Waals surface area contributed by atoms with E-state index in [0.29, 0.717) is 24.7 Å². The van der Waals surface area contributed by atoms with Gasteiger partial charge < -0.3 is 14.4 Å². The minimum absolute atomic E-state index is 0.0310. The quantitative estimate of drug-likeness (QED) is 0.854. The Morgan fingerprint density at radius 3 is 2.95 bits per heavy atom. The van der Waals surface area contributed by atoms with Gasteiger partial charge in [-0.15, -0.1) is 0 Å². The predicted molar refractivity (Wildman–Crippen MR) is 80.6 cm³/mol. The van der Waals surface area contributed by atoms with Gasteiger partial charge in [-0.2, -0.15) is 0 Å². The molecule has 1 amide bonds. The standard InChI is InChI=1S/C15H22N4O3/c1-18-5-7-19(8-6-18)17-15(20)12-2-4-16-14(10-12)22-13-3-9-21-11-13/h2,4,10,13H,3,5-9,11H2,1H3,(H,17,20). The zero-order valence-corrected chi connectivity index (χ0v) is 12.8. The Kier molecular flexibility index (Phi) is 4.87. The molecule has 1 atom stereocenters. The zero-order valence-electron chi connectivity index (χ0n) is 12.8. The maximum atomic E-state index is 12.3. The summed E-state index contributed by atoms with van der Waals surface area (Å²) in [5, 5.41) is 1.95. The van der Waals surface area contributed by atoms with Crippen molar-refractivity contribution < 1.29 is 14.3 Å². The minimum Gasteiger partial charge on any atom is -0.472 e. The third-order valence-electron chi connectivity index (χ3n) is 3.94. The Morgan fingerprint density at radius 1 is 1.41 bits per heavy atom. The maximum absolute atomic E-state index is 12.3. The Balaban J connectivity index is 1.57. The first-order chi connectivity index (χ1) is 10.7. The summed E-state index contributed by atoms with van der Waals surface area (Å²) in [6, 6.07) is 3.38. The fraction of sp³-hybridized carbons (Fsp3) is 0.600. The normalized spacial score (nSPS) is 23.4. The van der Waals surface area contributed by atoms with Gasteiger partial charge in [0.15, 0.2) is 0 Å². The van der Waals surface area contributed by atoms with Crippen molar-refractivity contribution in [3.05, 3.63) is 23.9 Å². The van der Waals surface area contributed by atoms with E-state index in [4.69, 9.17) is 9.47 Å². The number of pyridine rings is 1. The topological polar surface area (TPSA) is 66.9 Å². The molecule has 22 heavy (non-hydrogen) atoms. The highest BCUT2D eigenvalue weighted by Crippen LogP contribution is 2.15. The predicted octanol–water partition coefficient (Wildman–Crippen LogP) is 0.141. The molecular formula is C15H22N4O3. The number of carbonyl (C=O) groups is 1. The highest BCUT2D eigenvalue weighted by molar-refractivity contribution is 5.94. The number of carbonyl (C=O) groups excluding carboxylic acids is 1. The molecule has 0 aliphatic carbocycles. The van der Waals surface area contributed by atoms with Crippen LogP contribution in [0.2, 0.25) is 0 Å². The van der Waals surface area contributed by atoms with Crippen LogP contribution in [0, 0.1) is 0 Å². The molecule has 1 aromatic rings. The Labute approximate surface area is 130 Å². The van der Waals surface area contributed by atoms with Crippen LogP contribution in [-0.2, 0) is 4.74 Å². The Morgan fingerprint density at radius 2 is 2.23 bits per heavy atom. The number of amides is 1. The van der Waals surface area contributed by atoms with Crippen molar-refractivity contribution in [2.75, 3.05) is 46.4 Å². The number of ether oxygens (including phenoxy) is 2. The molecule has 2 aliphatic rings. The van der Waals surface area contributed by atoms with E-state index in [1.165, 1.54) is 0 Å². The number of hydrazine groups is 1. The fourth-order valence-corrected chi connectivity index (χ4v) is 2.52. The molecule has 0 saturated carbocycles. The van der Waals surface area contributed by atoms with Crippen molar-refractivity contribution in [3.63, 3.8) is 0 Å². The van der Waals surface area contributed by atoms with Crippen molar-refractivity contribution >= 4 is 5.91 Å². The molecule has 2 aliphatic heterocycles. The molecule has 0 aromatic carbocycles. The SMILES string of the molecule is CN1CCN(NC(=O)c2ccnc(OC3CCOC3)c2)CC1. The molecule has 0 bridgehead atoms. The van der Waals surface area contributed by atoms with E-state index in [9.17, 15) is 4.79 Å². The van der Waals surface area contributed by atoms with Crippen LogP contribution in [0.5, 0.6) is 5.88 Å². The summed E-state index contributed by atoms with van der Waals surface area (Å²) >= 11 is 0. The van der Waals surface area contributed by atoms with Gasteiger partial charge in [-0.1, -0.05) is 0 Å². The van der Waals surface area contributed by atoms with E-state index < -0.39 is 0 Å². The lowest BCUT2D eigenvalue weighted by atomic mass is 10.2. The van der Waals surface area contributed by atoms with Crippen LogP contribution in [0.1, 0.15) is 16.8 Å².